The van der Waals surface area contributed by atoms with Crippen molar-refractivity contribution in [3.63, 3.8) is 0 Å². The number of carbonyl (C=O) groups excluding carboxylic acids is 2. The fraction of sp³-hybridized carbons (Fsp3) is 0.393. The van der Waals surface area contributed by atoms with E-state index >= 15 is 0 Å². The van der Waals surface area contributed by atoms with Crippen molar-refractivity contribution in [3.05, 3.63) is 70.4 Å². The number of carbonyl (C=O) groups is 2. The number of halogens is 1. The number of hydrogen-bond donors (Lipinski definition) is 1. The maximum Gasteiger partial charge on any atom is 0.240 e. The largest absolute Gasteiger partial charge is 0.497 e. The number of aromatic nitrogens is 2. The summed E-state index contributed by atoms with van der Waals surface area (Å²) in [6.45, 7) is 10.0. The minimum atomic E-state index is -0.335. The first-order chi connectivity index (χ1) is 17.5. The normalized spacial score (nSPS) is 15.9. The predicted molar refractivity (Wildman–Crippen MR) is 150 cm³/mol. The topological polar surface area (TPSA) is 76.5 Å². The molecule has 0 saturated carbocycles. The summed E-state index contributed by atoms with van der Waals surface area (Å²) >= 11 is 7.93. The second-order valence-corrected chi connectivity index (χ2v) is 11.9. The van der Waals surface area contributed by atoms with Gasteiger partial charge in [-0.1, -0.05) is 44.5 Å². The SMILES string of the molecule is COc1ccc(-n2nc(C(C)(C)C)c3c2N(CC(=O)NC(C)C)C(=O)CS[C@H]3c2cccc(Cl)c2)cc1. The molecule has 1 aromatic heterocycles. The summed E-state index contributed by atoms with van der Waals surface area (Å²) in [5, 5.41) is 8.44. The molecular formula is C28H33ClN4O3S. The van der Waals surface area contributed by atoms with Gasteiger partial charge < -0.3 is 10.1 Å². The summed E-state index contributed by atoms with van der Waals surface area (Å²) in [6, 6.07) is 15.2. The molecule has 0 radical (unpaired) electrons. The van der Waals surface area contributed by atoms with E-state index < -0.39 is 0 Å². The van der Waals surface area contributed by atoms with Gasteiger partial charge in [-0.3, -0.25) is 14.5 Å². The van der Waals surface area contributed by atoms with Crippen molar-refractivity contribution < 1.29 is 14.3 Å². The molecule has 3 aromatic rings. The highest BCUT2D eigenvalue weighted by molar-refractivity contribution is 8.00. The van der Waals surface area contributed by atoms with Crippen LogP contribution in [0.5, 0.6) is 5.75 Å². The number of fused-ring (bicyclic) bond motifs is 1. The average Bonchev–Trinajstić information content (AvgIpc) is 3.17. The highest BCUT2D eigenvalue weighted by Crippen LogP contribution is 2.48. The number of ether oxygens (including phenoxy) is 1. The van der Waals surface area contributed by atoms with Gasteiger partial charge in [0.15, 0.2) is 0 Å². The molecule has 1 aliphatic heterocycles. The Balaban J connectivity index is 2.00. The summed E-state index contributed by atoms with van der Waals surface area (Å²) in [7, 11) is 1.62. The predicted octanol–water partition coefficient (Wildman–Crippen LogP) is 5.53. The van der Waals surface area contributed by atoms with Gasteiger partial charge in [0.1, 0.15) is 18.1 Å². The van der Waals surface area contributed by atoms with E-state index in [1.165, 1.54) is 11.8 Å². The Morgan fingerprint density at radius 1 is 1.22 bits per heavy atom. The molecule has 0 fully saturated rings. The van der Waals surface area contributed by atoms with E-state index in [2.05, 4.69) is 26.1 Å². The smallest absolute Gasteiger partial charge is 0.240 e. The molecular weight excluding hydrogens is 508 g/mol. The second kappa shape index (κ2) is 10.8. The van der Waals surface area contributed by atoms with Gasteiger partial charge in [-0.2, -0.15) is 5.10 Å². The number of benzene rings is 2. The lowest BCUT2D eigenvalue weighted by molar-refractivity contribution is -0.123. The van der Waals surface area contributed by atoms with Gasteiger partial charge >= 0.3 is 0 Å². The van der Waals surface area contributed by atoms with Crippen LogP contribution in [0.3, 0.4) is 0 Å². The van der Waals surface area contributed by atoms with Gasteiger partial charge in [0, 0.05) is 22.0 Å². The van der Waals surface area contributed by atoms with Crippen molar-refractivity contribution in [1.82, 2.24) is 15.1 Å². The summed E-state index contributed by atoms with van der Waals surface area (Å²) in [5.74, 6) is 1.17. The fourth-order valence-electron chi connectivity index (χ4n) is 4.42. The van der Waals surface area contributed by atoms with Crippen LogP contribution in [-0.2, 0) is 15.0 Å². The van der Waals surface area contributed by atoms with Crippen LogP contribution in [0.4, 0.5) is 5.82 Å². The first-order valence-electron chi connectivity index (χ1n) is 12.2. The van der Waals surface area contributed by atoms with E-state index in [4.69, 9.17) is 21.4 Å². The van der Waals surface area contributed by atoms with Crippen LogP contribution < -0.4 is 15.0 Å². The number of methoxy groups -OCH3 is 1. The number of thioether (sulfide) groups is 1. The van der Waals surface area contributed by atoms with E-state index in [1.54, 1.807) is 16.7 Å². The van der Waals surface area contributed by atoms with Crippen LogP contribution >= 0.6 is 23.4 Å². The fourth-order valence-corrected chi connectivity index (χ4v) is 5.81. The van der Waals surface area contributed by atoms with E-state index in [0.717, 1.165) is 28.3 Å². The van der Waals surface area contributed by atoms with Gasteiger partial charge in [-0.05, 0) is 55.8 Å². The summed E-state index contributed by atoms with van der Waals surface area (Å²) in [5.41, 5.74) is 3.20. The average molecular weight is 541 g/mol. The number of nitrogens with one attached hydrogen (secondary N) is 1. The van der Waals surface area contributed by atoms with Gasteiger partial charge in [0.05, 0.1) is 29.5 Å². The van der Waals surface area contributed by atoms with Crippen molar-refractivity contribution in [2.45, 2.75) is 51.3 Å². The molecule has 2 amide bonds. The third kappa shape index (κ3) is 5.80. The lowest BCUT2D eigenvalue weighted by Gasteiger charge is -2.25. The van der Waals surface area contributed by atoms with Crippen LogP contribution in [-0.4, -0.2) is 47.0 Å². The van der Waals surface area contributed by atoms with Gasteiger partial charge in [0.2, 0.25) is 11.8 Å². The number of hydrogen-bond acceptors (Lipinski definition) is 5. The van der Waals surface area contributed by atoms with Crippen molar-refractivity contribution in [3.8, 4) is 11.4 Å². The van der Waals surface area contributed by atoms with E-state index in [9.17, 15) is 9.59 Å². The minimum Gasteiger partial charge on any atom is -0.497 e. The summed E-state index contributed by atoms with van der Waals surface area (Å²) < 4.78 is 7.14. The number of anilines is 1. The van der Waals surface area contributed by atoms with Crippen LogP contribution in [0, 0.1) is 0 Å². The molecule has 0 spiro atoms. The molecule has 0 saturated heterocycles. The molecule has 4 rings (SSSR count). The zero-order valence-electron chi connectivity index (χ0n) is 22.0. The monoisotopic (exact) mass is 540 g/mol. The molecule has 1 aliphatic rings. The Kier molecular flexibility index (Phi) is 7.90. The van der Waals surface area contributed by atoms with Crippen molar-refractivity contribution in [1.29, 1.82) is 0 Å². The third-order valence-electron chi connectivity index (χ3n) is 6.02. The lowest BCUT2D eigenvalue weighted by Crippen LogP contribution is -2.44. The molecule has 0 bridgehead atoms. The molecule has 37 heavy (non-hydrogen) atoms. The summed E-state index contributed by atoms with van der Waals surface area (Å²) in [4.78, 5) is 28.1. The highest BCUT2D eigenvalue weighted by Gasteiger charge is 2.40. The lowest BCUT2D eigenvalue weighted by atomic mass is 9.87. The Hall–Kier alpha value is -2.97. The first kappa shape index (κ1) is 27.1. The Labute approximate surface area is 227 Å². The van der Waals surface area contributed by atoms with Crippen LogP contribution in [0.25, 0.3) is 5.69 Å². The maximum absolute atomic E-state index is 13.6. The molecule has 2 aromatic carbocycles. The van der Waals surface area contributed by atoms with Crippen LogP contribution in [0.1, 0.15) is 56.7 Å². The Bertz CT molecular complexity index is 1300. The zero-order chi connectivity index (χ0) is 26.9. The Morgan fingerprint density at radius 3 is 2.51 bits per heavy atom. The first-order valence-corrected chi connectivity index (χ1v) is 13.7. The molecule has 1 atom stereocenters. The van der Waals surface area contributed by atoms with Gasteiger partial charge in [-0.15, -0.1) is 11.8 Å². The van der Waals surface area contributed by atoms with Gasteiger partial charge in [-0.25, -0.2) is 4.68 Å². The number of amides is 2. The van der Waals surface area contributed by atoms with Crippen molar-refractivity contribution in [2.75, 3.05) is 24.3 Å². The van der Waals surface area contributed by atoms with Crippen molar-refractivity contribution >= 4 is 41.0 Å². The van der Waals surface area contributed by atoms with Crippen LogP contribution in [0.2, 0.25) is 5.02 Å². The molecule has 9 heteroatoms. The third-order valence-corrected chi connectivity index (χ3v) is 7.51. The quantitative estimate of drug-likeness (QED) is 0.445. The minimum absolute atomic E-state index is 0.0423. The molecule has 1 N–H and O–H groups in total. The van der Waals surface area contributed by atoms with E-state index in [-0.39, 0.29) is 40.8 Å². The summed E-state index contributed by atoms with van der Waals surface area (Å²) in [6.07, 6.45) is 0. The molecule has 0 unspecified atom stereocenters. The standard InChI is InChI=1S/C28H33ClN4O3S/c1-17(2)30-22(34)15-32-23(35)16-37-25(18-8-7-9-19(29)14-18)24-26(28(3,4)5)31-33(27(24)32)20-10-12-21(36-6)13-11-20/h7-14,17,25H,15-16H2,1-6H3,(H,30,34)/t25-/m0/s1. The van der Waals surface area contributed by atoms with Gasteiger partial charge in [0.25, 0.3) is 0 Å². The van der Waals surface area contributed by atoms with Crippen molar-refractivity contribution in [2.24, 2.45) is 0 Å². The molecule has 7 nitrogen and oxygen atoms in total. The maximum atomic E-state index is 13.6. The zero-order valence-corrected chi connectivity index (χ0v) is 23.6. The van der Waals surface area contributed by atoms with Crippen LogP contribution in [0.15, 0.2) is 48.5 Å². The second-order valence-electron chi connectivity index (χ2n) is 10.4. The Morgan fingerprint density at radius 2 is 1.92 bits per heavy atom. The number of nitrogens with zero attached hydrogens (tertiary/aromatic N) is 3. The highest BCUT2D eigenvalue weighted by atomic mass is 35.5. The molecule has 196 valence electrons. The molecule has 0 aliphatic carbocycles. The van der Waals surface area contributed by atoms with E-state index in [0.29, 0.717) is 10.8 Å². The number of rotatable bonds is 6. The molecule has 2 heterocycles. The van der Waals surface area contributed by atoms with E-state index in [1.807, 2.05) is 62.4 Å².